The highest BCUT2D eigenvalue weighted by atomic mass is 32.1. The summed E-state index contributed by atoms with van der Waals surface area (Å²) in [5, 5.41) is 3.66. The normalized spacial score (nSPS) is 19.8. The zero-order valence-electron chi connectivity index (χ0n) is 24.5. The lowest BCUT2D eigenvalue weighted by Crippen LogP contribution is -2.44. The molecule has 2 fully saturated rings. The Hall–Kier alpha value is -3.89. The fraction of sp³-hybridized carbons (Fsp3) is 0.394. The van der Waals surface area contributed by atoms with Gasteiger partial charge in [0.05, 0.1) is 17.6 Å². The maximum absolute atomic E-state index is 15.0. The number of ketones is 1. The third-order valence-electron chi connectivity index (χ3n) is 9.20. The molecule has 3 aromatic heterocycles. The van der Waals surface area contributed by atoms with E-state index >= 15 is 0 Å². The monoisotopic (exact) mass is 598 g/mol. The fourth-order valence-corrected chi connectivity index (χ4v) is 7.88. The number of anilines is 3. The summed E-state index contributed by atoms with van der Waals surface area (Å²) in [6, 6.07) is 10.4. The molecule has 4 heterocycles. The van der Waals surface area contributed by atoms with E-state index in [0.29, 0.717) is 33.9 Å². The first-order valence-electron chi connectivity index (χ1n) is 15.0. The van der Waals surface area contributed by atoms with Gasteiger partial charge in [0, 0.05) is 62.2 Å². The number of hydrogen-bond donors (Lipinski definition) is 1. The Morgan fingerprint density at radius 2 is 1.77 bits per heavy atom. The third-order valence-corrected chi connectivity index (χ3v) is 10.5. The minimum Gasteiger partial charge on any atom is -0.368 e. The lowest BCUT2D eigenvalue weighted by molar-refractivity contribution is 0.0991. The van der Waals surface area contributed by atoms with E-state index in [9.17, 15) is 14.0 Å². The molecule has 0 amide bonds. The van der Waals surface area contributed by atoms with Crippen molar-refractivity contribution < 1.29 is 9.18 Å². The summed E-state index contributed by atoms with van der Waals surface area (Å²) >= 11 is 1.51. The van der Waals surface area contributed by atoms with Crippen LogP contribution in [0.5, 0.6) is 0 Å². The Kier molecular flexibility index (Phi) is 7.34. The van der Waals surface area contributed by atoms with E-state index in [2.05, 4.69) is 27.1 Å². The van der Waals surface area contributed by atoms with Gasteiger partial charge in [-0.1, -0.05) is 6.07 Å². The molecule has 8 nitrogen and oxygen atoms in total. The van der Waals surface area contributed by atoms with Crippen molar-refractivity contribution in [3.63, 3.8) is 0 Å². The van der Waals surface area contributed by atoms with Crippen LogP contribution in [-0.4, -0.2) is 58.4 Å². The van der Waals surface area contributed by atoms with Crippen LogP contribution in [0.3, 0.4) is 0 Å². The number of fused-ring (bicyclic) bond motifs is 2. The van der Waals surface area contributed by atoms with Gasteiger partial charge in [-0.2, -0.15) is 0 Å². The summed E-state index contributed by atoms with van der Waals surface area (Å²) < 4.78 is 16.5. The molecular formula is C33H35FN6O2S. The number of benzene rings is 1. The number of nitrogens with zero attached hydrogens (tertiary/aromatic N) is 5. The molecule has 222 valence electrons. The Morgan fingerprint density at radius 1 is 1.00 bits per heavy atom. The average molecular weight is 599 g/mol. The van der Waals surface area contributed by atoms with E-state index in [-0.39, 0.29) is 17.8 Å². The number of piperazine rings is 1. The number of carbonyl (C=O) groups excluding carboxylic acids is 1. The van der Waals surface area contributed by atoms with Crippen LogP contribution in [0.15, 0.2) is 53.6 Å². The molecule has 1 N–H and O–H groups in total. The maximum atomic E-state index is 15.0. The fourth-order valence-electron chi connectivity index (χ4n) is 6.62. The molecule has 0 radical (unpaired) electrons. The first-order valence-corrected chi connectivity index (χ1v) is 15.8. The largest absolute Gasteiger partial charge is 0.368 e. The van der Waals surface area contributed by atoms with Crippen molar-refractivity contribution in [1.82, 2.24) is 19.4 Å². The van der Waals surface area contributed by atoms with Crippen molar-refractivity contribution in [1.29, 1.82) is 0 Å². The van der Waals surface area contributed by atoms with Crippen molar-refractivity contribution in [2.75, 3.05) is 43.4 Å². The van der Waals surface area contributed by atoms with E-state index < -0.39 is 5.82 Å². The zero-order chi connectivity index (χ0) is 29.7. The number of nitrogens with one attached hydrogen (secondary N) is 1. The summed E-state index contributed by atoms with van der Waals surface area (Å²) in [6.07, 6.45) is 8.16. The van der Waals surface area contributed by atoms with Gasteiger partial charge in [-0.05, 0) is 80.1 Å². The van der Waals surface area contributed by atoms with E-state index in [0.717, 1.165) is 61.5 Å². The standard InChI is InChI=1S/C33H35FN6O2S/c1-38-11-13-40(14-12-38)25-8-10-29(35-18-25)36-27-16-24(19-39(2)33(27)42)22-7-9-26(34)23(15-22)17-28(41)32-37-30-20-3-5-21(6-4-20)31(30)43-32/h7-10,15-16,18-21H,3-6,11-14,17H2,1-2H3,(H,35,36). The Bertz CT molecular complexity index is 1700. The van der Waals surface area contributed by atoms with Crippen molar-refractivity contribution in [3.05, 3.63) is 86.1 Å². The Labute approximate surface area is 254 Å². The molecule has 43 heavy (non-hydrogen) atoms. The van der Waals surface area contributed by atoms with Crippen LogP contribution in [-0.2, 0) is 13.5 Å². The van der Waals surface area contributed by atoms with E-state index in [4.69, 9.17) is 4.98 Å². The minimum atomic E-state index is -0.425. The molecule has 1 saturated heterocycles. The molecule has 3 aliphatic carbocycles. The predicted molar refractivity (Wildman–Crippen MR) is 168 cm³/mol. The van der Waals surface area contributed by atoms with Gasteiger partial charge in [0.15, 0.2) is 10.8 Å². The number of halogens is 1. The lowest BCUT2D eigenvalue weighted by atomic mass is 9.73. The number of aryl methyl sites for hydroxylation is 1. The molecule has 0 unspecified atom stereocenters. The van der Waals surface area contributed by atoms with Crippen LogP contribution in [0.4, 0.5) is 21.6 Å². The highest BCUT2D eigenvalue weighted by molar-refractivity contribution is 7.13. The van der Waals surface area contributed by atoms with Crippen molar-refractivity contribution in [2.24, 2.45) is 7.05 Å². The number of rotatable bonds is 7. The minimum absolute atomic E-state index is 0.0537. The zero-order valence-corrected chi connectivity index (χ0v) is 25.3. The smallest absolute Gasteiger partial charge is 0.274 e. The van der Waals surface area contributed by atoms with Gasteiger partial charge >= 0.3 is 0 Å². The number of pyridine rings is 2. The molecule has 0 spiro atoms. The number of hydrogen-bond acceptors (Lipinski definition) is 8. The summed E-state index contributed by atoms with van der Waals surface area (Å²) in [4.78, 5) is 41.5. The number of Topliss-reactive ketones (excluding diaryl/α,β-unsaturated/α-hetero) is 1. The van der Waals surface area contributed by atoms with Gasteiger partial charge in [-0.25, -0.2) is 14.4 Å². The highest BCUT2D eigenvalue weighted by Gasteiger charge is 2.37. The molecule has 1 aliphatic heterocycles. The first-order chi connectivity index (χ1) is 20.8. The van der Waals surface area contributed by atoms with Gasteiger partial charge in [0.1, 0.15) is 17.3 Å². The van der Waals surface area contributed by atoms with E-state index in [1.807, 2.05) is 18.3 Å². The number of likely N-dealkylation sites (N-methyl/N-ethyl adjacent to an activating group) is 1. The summed E-state index contributed by atoms with van der Waals surface area (Å²) in [7, 11) is 3.81. The molecule has 2 bridgehead atoms. The van der Waals surface area contributed by atoms with Gasteiger partial charge in [0.25, 0.3) is 5.56 Å². The number of thiazole rings is 1. The second-order valence-electron chi connectivity index (χ2n) is 12.1. The second kappa shape index (κ2) is 11.3. The first kappa shape index (κ1) is 27.9. The van der Waals surface area contributed by atoms with Crippen LogP contribution in [0.25, 0.3) is 11.1 Å². The topological polar surface area (TPSA) is 83.4 Å². The predicted octanol–water partition coefficient (Wildman–Crippen LogP) is 5.72. The third kappa shape index (κ3) is 5.49. The lowest BCUT2D eigenvalue weighted by Gasteiger charge is -2.34. The van der Waals surface area contributed by atoms with Crippen LogP contribution >= 0.6 is 11.3 Å². The van der Waals surface area contributed by atoms with Gasteiger partial charge in [0.2, 0.25) is 0 Å². The molecular weight excluding hydrogens is 563 g/mol. The molecule has 4 aliphatic rings. The van der Waals surface area contributed by atoms with Crippen LogP contribution in [0, 0.1) is 5.82 Å². The average Bonchev–Trinajstić information content (AvgIpc) is 3.50. The highest BCUT2D eigenvalue weighted by Crippen LogP contribution is 2.51. The Balaban J connectivity index is 1.10. The molecule has 0 atom stereocenters. The van der Waals surface area contributed by atoms with Gasteiger partial charge in [-0.15, -0.1) is 11.3 Å². The number of carbonyl (C=O) groups is 1. The van der Waals surface area contributed by atoms with E-state index in [1.165, 1.54) is 39.7 Å². The van der Waals surface area contributed by atoms with Crippen molar-refractivity contribution >= 4 is 34.3 Å². The molecule has 8 rings (SSSR count). The SMILES string of the molecule is CN1CCN(c2ccc(Nc3cc(-c4ccc(F)c(CC(=O)c5nc6c(s5)C5CCC6CC5)c4)cn(C)c3=O)nc2)CC1. The quantitative estimate of drug-likeness (QED) is 0.273. The van der Waals surface area contributed by atoms with Gasteiger partial charge in [-0.3, -0.25) is 9.59 Å². The molecule has 4 aromatic rings. The van der Waals surface area contributed by atoms with Crippen LogP contribution in [0.2, 0.25) is 0 Å². The Morgan fingerprint density at radius 3 is 2.49 bits per heavy atom. The van der Waals surface area contributed by atoms with Gasteiger partial charge < -0.3 is 19.7 Å². The van der Waals surface area contributed by atoms with Crippen LogP contribution in [0.1, 0.15) is 63.5 Å². The second-order valence-corrected chi connectivity index (χ2v) is 13.1. The molecule has 10 heteroatoms. The molecule has 1 aromatic carbocycles. The summed E-state index contributed by atoms with van der Waals surface area (Å²) in [6.45, 7) is 3.92. The summed E-state index contributed by atoms with van der Waals surface area (Å²) in [5.41, 5.74) is 4.10. The van der Waals surface area contributed by atoms with Crippen molar-refractivity contribution in [2.45, 2.75) is 43.9 Å². The maximum Gasteiger partial charge on any atom is 0.274 e. The number of aromatic nitrogens is 3. The molecule has 1 saturated carbocycles. The summed E-state index contributed by atoms with van der Waals surface area (Å²) in [5.74, 6) is 0.986. The van der Waals surface area contributed by atoms with Crippen LogP contribution < -0.4 is 15.8 Å². The van der Waals surface area contributed by atoms with E-state index in [1.54, 1.807) is 31.4 Å². The van der Waals surface area contributed by atoms with Crippen molar-refractivity contribution in [3.8, 4) is 11.1 Å².